The molecule has 0 aliphatic rings. The molecule has 3 rings (SSSR count). The van der Waals surface area contributed by atoms with Crippen LogP contribution in [0.5, 0.6) is 0 Å². The van der Waals surface area contributed by atoms with Gasteiger partial charge in [-0.25, -0.2) is 4.98 Å². The second-order valence-electron chi connectivity index (χ2n) is 5.04. The smallest absolute Gasteiger partial charge is 0.260 e. The van der Waals surface area contributed by atoms with Crippen LogP contribution < -0.4 is 16.6 Å². The van der Waals surface area contributed by atoms with E-state index in [4.69, 9.17) is 17.3 Å². The van der Waals surface area contributed by atoms with Gasteiger partial charge in [-0.1, -0.05) is 23.7 Å². The van der Waals surface area contributed by atoms with Crippen LogP contribution in [-0.2, 0) is 0 Å². The van der Waals surface area contributed by atoms with Gasteiger partial charge in [0, 0.05) is 10.7 Å². The van der Waals surface area contributed by atoms with Crippen molar-refractivity contribution in [1.82, 2.24) is 9.97 Å². The van der Waals surface area contributed by atoms with Crippen LogP contribution in [0.15, 0.2) is 52.3 Å². The van der Waals surface area contributed by atoms with Crippen molar-refractivity contribution in [3.63, 3.8) is 0 Å². The van der Waals surface area contributed by atoms with Gasteiger partial charge in [0.2, 0.25) is 11.9 Å². The first-order valence-corrected chi connectivity index (χ1v) is 7.26. The highest BCUT2D eigenvalue weighted by atomic mass is 35.5. The van der Waals surface area contributed by atoms with Crippen molar-refractivity contribution in [3.05, 3.63) is 63.4 Å². The Morgan fingerprint density at radius 2 is 2.13 bits per heavy atom. The molecule has 0 bridgehead atoms. The molecule has 1 aromatic heterocycles. The van der Waals surface area contributed by atoms with Crippen LogP contribution in [0.1, 0.15) is 5.56 Å². The first kappa shape index (κ1) is 15.1. The molecule has 1 heterocycles. The molecular formula is C16H14ClN5O. The fraction of sp³-hybridized carbons (Fsp3) is 0.0625. The lowest BCUT2D eigenvalue weighted by atomic mass is 10.2. The van der Waals surface area contributed by atoms with E-state index in [1.165, 1.54) is 0 Å². The first-order valence-electron chi connectivity index (χ1n) is 6.89. The Kier molecular flexibility index (Phi) is 3.99. The van der Waals surface area contributed by atoms with Gasteiger partial charge in [-0.05, 0) is 42.8 Å². The van der Waals surface area contributed by atoms with Gasteiger partial charge in [0.05, 0.1) is 10.9 Å². The summed E-state index contributed by atoms with van der Waals surface area (Å²) in [4.78, 5) is 23.0. The number of aromatic amines is 1. The monoisotopic (exact) mass is 327 g/mol. The van der Waals surface area contributed by atoms with Crippen LogP contribution in [0.4, 0.5) is 11.6 Å². The third kappa shape index (κ3) is 3.49. The van der Waals surface area contributed by atoms with Gasteiger partial charge in [0.15, 0.2) is 0 Å². The van der Waals surface area contributed by atoms with Crippen LogP contribution in [0.3, 0.4) is 0 Å². The number of aromatic nitrogens is 2. The van der Waals surface area contributed by atoms with Crippen LogP contribution >= 0.6 is 11.6 Å². The lowest BCUT2D eigenvalue weighted by Gasteiger charge is -2.06. The third-order valence-electron chi connectivity index (χ3n) is 3.17. The molecule has 0 fully saturated rings. The topological polar surface area (TPSA) is 96.2 Å². The quantitative estimate of drug-likeness (QED) is 0.498. The molecule has 0 spiro atoms. The van der Waals surface area contributed by atoms with Gasteiger partial charge in [-0.3, -0.25) is 9.78 Å². The van der Waals surface area contributed by atoms with Crippen molar-refractivity contribution in [1.29, 1.82) is 0 Å². The lowest BCUT2D eigenvalue weighted by molar-refractivity contribution is 1.13. The Labute approximate surface area is 137 Å². The second-order valence-corrected chi connectivity index (χ2v) is 5.48. The standard InChI is InChI=1S/C16H14ClN5O/c1-9-3-2-4-11(7-9)19-15(18)22-16-20-13-6-5-10(17)8-12(13)14(23)21-16/h2-8H,1H3,(H4,18,19,20,21,22,23). The van der Waals surface area contributed by atoms with E-state index in [0.29, 0.717) is 15.9 Å². The number of hydrogen-bond donors (Lipinski definition) is 3. The fourth-order valence-electron chi connectivity index (χ4n) is 2.16. The summed E-state index contributed by atoms with van der Waals surface area (Å²) in [6, 6.07) is 12.6. The van der Waals surface area contributed by atoms with Crippen molar-refractivity contribution in [3.8, 4) is 0 Å². The SMILES string of the molecule is Cc1cccc(N/C(N)=N/c2nc3ccc(Cl)cc3c(=O)[nH]2)c1. The predicted molar refractivity (Wildman–Crippen MR) is 93.5 cm³/mol. The summed E-state index contributed by atoms with van der Waals surface area (Å²) in [5.74, 6) is 0.259. The van der Waals surface area contributed by atoms with Crippen molar-refractivity contribution in [2.45, 2.75) is 6.92 Å². The maximum atomic E-state index is 12.1. The molecule has 6 nitrogen and oxygen atoms in total. The van der Waals surface area contributed by atoms with Gasteiger partial charge >= 0.3 is 0 Å². The number of nitrogens with two attached hydrogens (primary N) is 1. The summed E-state index contributed by atoms with van der Waals surface area (Å²) in [5.41, 5.74) is 7.94. The number of rotatable bonds is 2. The molecule has 0 atom stereocenters. The summed E-state index contributed by atoms with van der Waals surface area (Å²) in [6.45, 7) is 1.98. The average Bonchev–Trinajstić information content (AvgIpc) is 2.48. The molecule has 0 aliphatic carbocycles. The largest absolute Gasteiger partial charge is 0.369 e. The van der Waals surface area contributed by atoms with Crippen molar-refractivity contribution in [2.24, 2.45) is 10.7 Å². The molecule has 0 saturated heterocycles. The molecule has 3 aromatic rings. The highest BCUT2D eigenvalue weighted by Crippen LogP contribution is 2.16. The van der Waals surface area contributed by atoms with Gasteiger partial charge in [0.1, 0.15) is 0 Å². The summed E-state index contributed by atoms with van der Waals surface area (Å²) in [6.07, 6.45) is 0. The number of aliphatic imine (C=N–C) groups is 1. The molecule has 0 amide bonds. The summed E-state index contributed by atoms with van der Waals surface area (Å²) in [5, 5.41) is 3.83. The Morgan fingerprint density at radius 3 is 2.91 bits per heavy atom. The van der Waals surface area contributed by atoms with Crippen molar-refractivity contribution in [2.75, 3.05) is 5.32 Å². The highest BCUT2D eigenvalue weighted by molar-refractivity contribution is 6.31. The highest BCUT2D eigenvalue weighted by Gasteiger charge is 2.05. The molecular weight excluding hydrogens is 314 g/mol. The molecule has 7 heteroatoms. The van der Waals surface area contributed by atoms with Crippen molar-refractivity contribution < 1.29 is 0 Å². The minimum Gasteiger partial charge on any atom is -0.369 e. The number of fused-ring (bicyclic) bond motifs is 1. The Hall–Kier alpha value is -2.86. The first-order chi connectivity index (χ1) is 11.0. The van der Waals surface area contributed by atoms with E-state index in [1.807, 2.05) is 31.2 Å². The molecule has 0 aliphatic heterocycles. The van der Waals surface area contributed by atoms with Gasteiger partial charge in [-0.2, -0.15) is 4.99 Å². The molecule has 0 saturated carbocycles. The molecule has 0 radical (unpaired) electrons. The number of hydrogen-bond acceptors (Lipinski definition) is 3. The zero-order valence-electron chi connectivity index (χ0n) is 12.3. The minimum atomic E-state index is -0.320. The van der Waals surface area contributed by atoms with E-state index in [9.17, 15) is 4.79 Å². The molecule has 23 heavy (non-hydrogen) atoms. The number of anilines is 1. The van der Waals surface area contributed by atoms with Crippen LogP contribution in [0, 0.1) is 6.92 Å². The van der Waals surface area contributed by atoms with E-state index in [2.05, 4.69) is 20.3 Å². The van der Waals surface area contributed by atoms with E-state index < -0.39 is 0 Å². The maximum Gasteiger partial charge on any atom is 0.260 e. The Morgan fingerprint density at radius 1 is 1.30 bits per heavy atom. The predicted octanol–water partition coefficient (Wildman–Crippen LogP) is 2.94. The number of halogens is 1. The Bertz CT molecular complexity index is 964. The molecule has 116 valence electrons. The van der Waals surface area contributed by atoms with E-state index in [0.717, 1.165) is 11.3 Å². The zero-order chi connectivity index (χ0) is 16.4. The van der Waals surface area contributed by atoms with Crippen LogP contribution in [0.25, 0.3) is 10.9 Å². The van der Waals surface area contributed by atoms with Gasteiger partial charge < -0.3 is 11.1 Å². The summed E-state index contributed by atoms with van der Waals surface area (Å²) in [7, 11) is 0. The van der Waals surface area contributed by atoms with E-state index in [-0.39, 0.29) is 17.5 Å². The number of nitrogens with zero attached hydrogens (tertiary/aromatic N) is 2. The number of aryl methyl sites for hydroxylation is 1. The van der Waals surface area contributed by atoms with E-state index >= 15 is 0 Å². The van der Waals surface area contributed by atoms with Crippen molar-refractivity contribution >= 4 is 40.1 Å². The maximum absolute atomic E-state index is 12.1. The molecule has 0 unspecified atom stereocenters. The van der Waals surface area contributed by atoms with Gasteiger partial charge in [0.25, 0.3) is 5.56 Å². The summed E-state index contributed by atoms with van der Waals surface area (Å²) >= 11 is 5.88. The third-order valence-corrected chi connectivity index (χ3v) is 3.41. The second kappa shape index (κ2) is 6.10. The van der Waals surface area contributed by atoms with E-state index in [1.54, 1.807) is 18.2 Å². The Balaban J connectivity index is 1.93. The average molecular weight is 328 g/mol. The minimum absolute atomic E-state index is 0.127. The van der Waals surface area contributed by atoms with Gasteiger partial charge in [-0.15, -0.1) is 0 Å². The van der Waals surface area contributed by atoms with Crippen LogP contribution in [-0.4, -0.2) is 15.9 Å². The summed E-state index contributed by atoms with van der Waals surface area (Å²) < 4.78 is 0. The number of benzene rings is 2. The number of H-pyrrole nitrogens is 1. The number of nitrogens with one attached hydrogen (secondary N) is 2. The van der Waals surface area contributed by atoms with Crippen LogP contribution in [0.2, 0.25) is 5.02 Å². The number of guanidine groups is 1. The molecule has 4 N–H and O–H groups in total. The molecule has 2 aromatic carbocycles. The zero-order valence-corrected chi connectivity index (χ0v) is 13.1. The fourth-order valence-corrected chi connectivity index (χ4v) is 2.34. The normalized spacial score (nSPS) is 11.7. The lowest BCUT2D eigenvalue weighted by Crippen LogP contribution is -2.22.